The van der Waals surface area contributed by atoms with Gasteiger partial charge in [0.05, 0.1) is 6.26 Å². The van der Waals surface area contributed by atoms with E-state index in [4.69, 9.17) is 0 Å². The Labute approximate surface area is 174 Å². The highest BCUT2D eigenvalue weighted by molar-refractivity contribution is 14.0. The minimum atomic E-state index is -3.15. The Morgan fingerprint density at radius 3 is 2.38 bits per heavy atom. The van der Waals surface area contributed by atoms with Crippen molar-refractivity contribution in [3.05, 3.63) is 29.3 Å². The fourth-order valence-corrected chi connectivity index (χ4v) is 3.45. The first-order valence-electron chi connectivity index (χ1n) is 8.53. The first-order valence-corrected chi connectivity index (χ1v) is 10.4. The number of hydrogen-bond donors (Lipinski definition) is 2. The van der Waals surface area contributed by atoms with Crippen LogP contribution in [0.3, 0.4) is 0 Å². The van der Waals surface area contributed by atoms with Gasteiger partial charge in [0, 0.05) is 52.0 Å². The third kappa shape index (κ3) is 6.58. The molecule has 0 radical (unpaired) electrons. The van der Waals surface area contributed by atoms with Crippen LogP contribution in [0.5, 0.6) is 0 Å². The molecule has 0 aromatic heterocycles. The van der Waals surface area contributed by atoms with Crippen LogP contribution in [0, 0.1) is 13.8 Å². The Kier molecular flexibility index (Phi) is 9.11. The van der Waals surface area contributed by atoms with E-state index >= 15 is 0 Å². The number of halogens is 1. The first-order chi connectivity index (χ1) is 11.8. The second-order valence-electron chi connectivity index (χ2n) is 6.33. The van der Waals surface area contributed by atoms with Crippen molar-refractivity contribution >= 4 is 45.6 Å². The SMILES string of the molecule is CN=C(NCCNS(C)(=O)=O)N1CCN(c2cccc(C)c2C)CC1.I. The van der Waals surface area contributed by atoms with Gasteiger partial charge in [-0.3, -0.25) is 4.99 Å². The molecule has 1 aromatic carbocycles. The molecule has 2 N–H and O–H groups in total. The molecule has 0 bridgehead atoms. The summed E-state index contributed by atoms with van der Waals surface area (Å²) in [7, 11) is -1.40. The zero-order valence-corrected chi connectivity index (χ0v) is 19.1. The number of rotatable bonds is 5. The van der Waals surface area contributed by atoms with Gasteiger partial charge in [0.15, 0.2) is 5.96 Å². The molecule has 2 rings (SSSR count). The molecule has 0 saturated carbocycles. The summed E-state index contributed by atoms with van der Waals surface area (Å²) in [5, 5.41) is 3.22. The third-order valence-corrected chi connectivity index (χ3v) is 5.21. The van der Waals surface area contributed by atoms with E-state index in [-0.39, 0.29) is 24.0 Å². The lowest BCUT2D eigenvalue weighted by atomic mass is 10.1. The average molecular weight is 495 g/mol. The summed E-state index contributed by atoms with van der Waals surface area (Å²) in [6.07, 6.45) is 1.16. The van der Waals surface area contributed by atoms with E-state index in [1.54, 1.807) is 7.05 Å². The molecule has 0 spiro atoms. The predicted octanol–water partition coefficient (Wildman–Crippen LogP) is 1.17. The number of nitrogens with zero attached hydrogens (tertiary/aromatic N) is 3. The highest BCUT2D eigenvalue weighted by Crippen LogP contribution is 2.23. The van der Waals surface area contributed by atoms with Crippen molar-refractivity contribution in [3.63, 3.8) is 0 Å². The second-order valence-corrected chi connectivity index (χ2v) is 8.17. The molecule has 1 heterocycles. The molecule has 0 amide bonds. The third-order valence-electron chi connectivity index (χ3n) is 4.48. The number of anilines is 1. The highest BCUT2D eigenvalue weighted by Gasteiger charge is 2.20. The number of guanidine groups is 1. The van der Waals surface area contributed by atoms with Crippen LogP contribution in [0.1, 0.15) is 11.1 Å². The Bertz CT molecular complexity index is 716. The van der Waals surface area contributed by atoms with Crippen molar-refractivity contribution < 1.29 is 8.42 Å². The Hall–Kier alpha value is -1.07. The van der Waals surface area contributed by atoms with Gasteiger partial charge >= 0.3 is 0 Å². The summed E-state index contributed by atoms with van der Waals surface area (Å²) in [6, 6.07) is 6.44. The van der Waals surface area contributed by atoms with E-state index in [2.05, 4.69) is 56.9 Å². The summed E-state index contributed by atoms with van der Waals surface area (Å²) >= 11 is 0. The maximum Gasteiger partial charge on any atom is 0.208 e. The fourth-order valence-electron chi connectivity index (χ4n) is 2.98. The van der Waals surface area contributed by atoms with Crippen LogP contribution in [-0.4, -0.2) is 71.8 Å². The van der Waals surface area contributed by atoms with Crippen LogP contribution in [0.15, 0.2) is 23.2 Å². The van der Waals surface area contributed by atoms with Gasteiger partial charge in [-0.05, 0) is 31.0 Å². The minimum absolute atomic E-state index is 0. The fraction of sp³-hybridized carbons (Fsp3) is 0.588. The lowest BCUT2D eigenvalue weighted by molar-refractivity contribution is 0.372. The monoisotopic (exact) mass is 495 g/mol. The molecule has 0 aliphatic carbocycles. The van der Waals surface area contributed by atoms with Crippen LogP contribution in [0.2, 0.25) is 0 Å². The van der Waals surface area contributed by atoms with Gasteiger partial charge in [0.2, 0.25) is 10.0 Å². The number of aliphatic imine (C=N–C) groups is 1. The van der Waals surface area contributed by atoms with Gasteiger partial charge < -0.3 is 15.1 Å². The summed E-state index contributed by atoms with van der Waals surface area (Å²) in [4.78, 5) is 8.94. The summed E-state index contributed by atoms with van der Waals surface area (Å²) in [6.45, 7) is 8.81. The lowest BCUT2D eigenvalue weighted by Gasteiger charge is -2.38. The summed E-state index contributed by atoms with van der Waals surface area (Å²) < 4.78 is 24.6. The number of nitrogens with one attached hydrogen (secondary N) is 2. The highest BCUT2D eigenvalue weighted by atomic mass is 127. The number of sulfonamides is 1. The van der Waals surface area contributed by atoms with Crippen molar-refractivity contribution in [2.75, 3.05) is 57.5 Å². The standard InChI is InChI=1S/C17H29N5O2S.HI/c1-14-6-5-7-16(15(14)2)21-10-12-22(13-11-21)17(18-3)19-8-9-20-25(4,23)24;/h5-7,20H,8-13H2,1-4H3,(H,18,19);1H. The van der Waals surface area contributed by atoms with Gasteiger partial charge in [0.25, 0.3) is 0 Å². The Morgan fingerprint density at radius 1 is 1.15 bits per heavy atom. The molecule has 26 heavy (non-hydrogen) atoms. The van der Waals surface area contributed by atoms with E-state index in [9.17, 15) is 8.42 Å². The van der Waals surface area contributed by atoms with Crippen LogP contribution >= 0.6 is 24.0 Å². The van der Waals surface area contributed by atoms with E-state index in [0.29, 0.717) is 13.1 Å². The second kappa shape index (κ2) is 10.3. The van der Waals surface area contributed by atoms with E-state index in [1.807, 2.05) is 0 Å². The molecule has 1 aromatic rings. The van der Waals surface area contributed by atoms with Gasteiger partial charge in [-0.15, -0.1) is 24.0 Å². The quantitative estimate of drug-likeness (QED) is 0.278. The molecular formula is C17H30IN5O2S. The van der Waals surface area contributed by atoms with Crippen molar-refractivity contribution in [2.24, 2.45) is 4.99 Å². The zero-order valence-electron chi connectivity index (χ0n) is 15.9. The van der Waals surface area contributed by atoms with E-state index in [1.165, 1.54) is 16.8 Å². The largest absolute Gasteiger partial charge is 0.368 e. The normalized spacial score (nSPS) is 15.6. The predicted molar refractivity (Wildman–Crippen MR) is 119 cm³/mol. The molecule has 7 nitrogen and oxygen atoms in total. The Balaban J connectivity index is 0.00000338. The van der Waals surface area contributed by atoms with Crippen LogP contribution in [-0.2, 0) is 10.0 Å². The molecule has 1 aliphatic rings. The van der Waals surface area contributed by atoms with E-state index < -0.39 is 10.0 Å². The van der Waals surface area contributed by atoms with Crippen molar-refractivity contribution in [3.8, 4) is 0 Å². The zero-order chi connectivity index (χ0) is 18.4. The van der Waals surface area contributed by atoms with Gasteiger partial charge in [-0.2, -0.15) is 0 Å². The van der Waals surface area contributed by atoms with Crippen molar-refractivity contribution in [2.45, 2.75) is 13.8 Å². The maximum absolute atomic E-state index is 11.1. The smallest absolute Gasteiger partial charge is 0.208 e. The van der Waals surface area contributed by atoms with Crippen molar-refractivity contribution in [1.82, 2.24) is 14.9 Å². The van der Waals surface area contributed by atoms with E-state index in [0.717, 1.165) is 38.4 Å². The molecule has 148 valence electrons. The molecule has 1 saturated heterocycles. The van der Waals surface area contributed by atoms with Crippen LogP contribution in [0.4, 0.5) is 5.69 Å². The van der Waals surface area contributed by atoms with Gasteiger partial charge in [-0.1, -0.05) is 12.1 Å². The number of benzene rings is 1. The molecular weight excluding hydrogens is 465 g/mol. The first kappa shape index (κ1) is 23.0. The average Bonchev–Trinajstić information content (AvgIpc) is 2.57. The molecule has 1 aliphatic heterocycles. The van der Waals surface area contributed by atoms with Crippen LogP contribution < -0.4 is 14.9 Å². The lowest BCUT2D eigenvalue weighted by Crippen LogP contribution is -2.53. The molecule has 0 atom stereocenters. The van der Waals surface area contributed by atoms with Gasteiger partial charge in [-0.25, -0.2) is 13.1 Å². The molecule has 1 fully saturated rings. The van der Waals surface area contributed by atoms with Gasteiger partial charge in [0.1, 0.15) is 0 Å². The minimum Gasteiger partial charge on any atom is -0.368 e. The topological polar surface area (TPSA) is 77.0 Å². The number of hydrogen-bond acceptors (Lipinski definition) is 4. The molecule has 9 heteroatoms. The summed E-state index contributed by atoms with van der Waals surface area (Å²) in [5.41, 5.74) is 3.96. The van der Waals surface area contributed by atoms with Crippen LogP contribution in [0.25, 0.3) is 0 Å². The van der Waals surface area contributed by atoms with Crippen molar-refractivity contribution in [1.29, 1.82) is 0 Å². The number of piperazine rings is 1. The maximum atomic E-state index is 11.1. The number of aryl methyl sites for hydroxylation is 1. The molecule has 0 unspecified atom stereocenters. The Morgan fingerprint density at radius 2 is 1.81 bits per heavy atom. The summed E-state index contributed by atoms with van der Waals surface area (Å²) in [5.74, 6) is 0.816.